The number of aryl methyl sites for hydroxylation is 1. The summed E-state index contributed by atoms with van der Waals surface area (Å²) < 4.78 is 4.93. The Kier molecular flexibility index (Phi) is 5.09. The number of carbonyl (C=O) groups is 1. The fourth-order valence-corrected chi connectivity index (χ4v) is 1.48. The second-order valence-corrected chi connectivity index (χ2v) is 4.51. The number of hydrogen-bond acceptors (Lipinski definition) is 5. The molecule has 6 heteroatoms. The first-order valence-corrected chi connectivity index (χ1v) is 5.81. The molecule has 0 saturated heterocycles. The van der Waals surface area contributed by atoms with Gasteiger partial charge in [-0.15, -0.1) is 0 Å². The molecule has 1 rings (SSSR count). The van der Waals surface area contributed by atoms with Crippen LogP contribution in [0, 0.1) is 12.8 Å². The summed E-state index contributed by atoms with van der Waals surface area (Å²) in [6.07, 6.45) is 1.21. The summed E-state index contributed by atoms with van der Waals surface area (Å²) in [4.78, 5) is 15.6. The van der Waals surface area contributed by atoms with Crippen molar-refractivity contribution in [1.29, 1.82) is 0 Å². The molecule has 1 aromatic heterocycles. The lowest BCUT2D eigenvalue weighted by Gasteiger charge is -2.13. The quantitative estimate of drug-likeness (QED) is 0.751. The second kappa shape index (κ2) is 6.34. The molecule has 0 aromatic carbocycles. The van der Waals surface area contributed by atoms with E-state index in [0.717, 1.165) is 0 Å². The van der Waals surface area contributed by atoms with Gasteiger partial charge in [-0.3, -0.25) is 4.79 Å². The highest BCUT2D eigenvalue weighted by Crippen LogP contribution is 2.02. The van der Waals surface area contributed by atoms with Crippen molar-refractivity contribution in [3.05, 3.63) is 11.7 Å². The molecule has 0 bridgehead atoms. The zero-order valence-electron chi connectivity index (χ0n) is 10.6. The molecule has 0 spiro atoms. The minimum Gasteiger partial charge on any atom is -0.354 e. The lowest BCUT2D eigenvalue weighted by atomic mass is 10.0. The minimum absolute atomic E-state index is 0.130. The third-order valence-electron chi connectivity index (χ3n) is 2.27. The first-order chi connectivity index (χ1) is 7.99. The van der Waals surface area contributed by atoms with Gasteiger partial charge in [0.1, 0.15) is 0 Å². The fourth-order valence-electron chi connectivity index (χ4n) is 1.48. The van der Waals surface area contributed by atoms with E-state index in [2.05, 4.69) is 15.5 Å². The standard InChI is InChI=1S/C11H20N4O2/c1-7(2)6-9(12)11(16)13-5-4-10-14-8(3)15-17-10/h7,9H,4-6,12H2,1-3H3,(H,13,16)/t9-/m1/s1. The molecule has 1 aromatic rings. The van der Waals surface area contributed by atoms with Gasteiger partial charge in [0.05, 0.1) is 6.04 Å². The van der Waals surface area contributed by atoms with Crippen molar-refractivity contribution in [2.45, 2.75) is 39.7 Å². The molecule has 1 amide bonds. The van der Waals surface area contributed by atoms with E-state index in [0.29, 0.717) is 37.0 Å². The molecule has 1 heterocycles. The number of aromatic nitrogens is 2. The van der Waals surface area contributed by atoms with Crippen molar-refractivity contribution in [3.63, 3.8) is 0 Å². The number of nitrogens with zero attached hydrogens (tertiary/aromatic N) is 2. The van der Waals surface area contributed by atoms with Gasteiger partial charge in [-0.2, -0.15) is 4.98 Å². The Hall–Kier alpha value is -1.43. The Balaban J connectivity index is 2.24. The van der Waals surface area contributed by atoms with Gasteiger partial charge in [0, 0.05) is 13.0 Å². The molecule has 17 heavy (non-hydrogen) atoms. The summed E-state index contributed by atoms with van der Waals surface area (Å²) in [6.45, 7) is 6.29. The third-order valence-corrected chi connectivity index (χ3v) is 2.27. The number of rotatable bonds is 6. The summed E-state index contributed by atoms with van der Waals surface area (Å²) in [5.74, 6) is 1.41. The number of hydrogen-bond donors (Lipinski definition) is 2. The zero-order valence-corrected chi connectivity index (χ0v) is 10.6. The fraction of sp³-hybridized carbons (Fsp3) is 0.727. The van der Waals surface area contributed by atoms with E-state index in [1.54, 1.807) is 6.92 Å². The molecule has 6 nitrogen and oxygen atoms in total. The maximum Gasteiger partial charge on any atom is 0.236 e. The summed E-state index contributed by atoms with van der Waals surface area (Å²) in [5, 5.41) is 6.42. The maximum absolute atomic E-state index is 11.6. The Morgan fingerprint density at radius 3 is 2.76 bits per heavy atom. The van der Waals surface area contributed by atoms with Crippen LogP contribution >= 0.6 is 0 Å². The van der Waals surface area contributed by atoms with Gasteiger partial charge in [-0.1, -0.05) is 19.0 Å². The van der Waals surface area contributed by atoms with Crippen LogP contribution in [0.4, 0.5) is 0 Å². The largest absolute Gasteiger partial charge is 0.354 e. The first kappa shape index (κ1) is 13.6. The van der Waals surface area contributed by atoms with Crippen molar-refractivity contribution in [2.24, 2.45) is 11.7 Å². The molecule has 96 valence electrons. The lowest BCUT2D eigenvalue weighted by molar-refractivity contribution is -0.122. The molecule has 3 N–H and O–H groups in total. The van der Waals surface area contributed by atoms with Gasteiger partial charge in [0.25, 0.3) is 0 Å². The normalized spacial score (nSPS) is 12.8. The van der Waals surface area contributed by atoms with Crippen LogP contribution in [0.3, 0.4) is 0 Å². The third kappa shape index (κ3) is 4.95. The summed E-state index contributed by atoms with van der Waals surface area (Å²) in [5.41, 5.74) is 5.74. The van der Waals surface area contributed by atoms with E-state index in [-0.39, 0.29) is 5.91 Å². The van der Waals surface area contributed by atoms with Crippen molar-refractivity contribution in [3.8, 4) is 0 Å². The average Bonchev–Trinajstić information content (AvgIpc) is 2.63. The van der Waals surface area contributed by atoms with Crippen LogP contribution in [0.15, 0.2) is 4.52 Å². The number of carbonyl (C=O) groups excluding carboxylic acids is 1. The molecule has 0 unspecified atom stereocenters. The van der Waals surface area contributed by atoms with Crippen molar-refractivity contribution in [2.75, 3.05) is 6.54 Å². The predicted molar refractivity (Wildman–Crippen MR) is 63.2 cm³/mol. The highest BCUT2D eigenvalue weighted by atomic mass is 16.5. The first-order valence-electron chi connectivity index (χ1n) is 5.81. The number of amides is 1. The molecule has 0 aliphatic carbocycles. The molecule has 0 aliphatic heterocycles. The average molecular weight is 240 g/mol. The number of nitrogens with two attached hydrogens (primary N) is 1. The van der Waals surface area contributed by atoms with Gasteiger partial charge in [0.15, 0.2) is 5.82 Å². The van der Waals surface area contributed by atoms with Gasteiger partial charge in [0.2, 0.25) is 11.8 Å². The molecule has 0 aliphatic rings. The van der Waals surface area contributed by atoms with E-state index < -0.39 is 6.04 Å². The van der Waals surface area contributed by atoms with Crippen molar-refractivity contribution < 1.29 is 9.32 Å². The Morgan fingerprint density at radius 1 is 1.53 bits per heavy atom. The molecule has 0 fully saturated rings. The van der Waals surface area contributed by atoms with Crippen molar-refractivity contribution in [1.82, 2.24) is 15.5 Å². The minimum atomic E-state index is -0.445. The van der Waals surface area contributed by atoms with E-state index in [1.807, 2.05) is 13.8 Å². The molecular formula is C11H20N4O2. The van der Waals surface area contributed by atoms with Crippen LogP contribution in [0.5, 0.6) is 0 Å². The second-order valence-electron chi connectivity index (χ2n) is 4.51. The Morgan fingerprint density at radius 2 is 2.24 bits per heavy atom. The van der Waals surface area contributed by atoms with Crippen LogP contribution in [-0.2, 0) is 11.2 Å². The van der Waals surface area contributed by atoms with Crippen LogP contribution in [0.2, 0.25) is 0 Å². The Labute approximate surface area is 101 Å². The Bertz CT molecular complexity index is 362. The van der Waals surface area contributed by atoms with Crippen LogP contribution in [-0.4, -0.2) is 28.6 Å². The summed E-state index contributed by atoms with van der Waals surface area (Å²) in [7, 11) is 0. The van der Waals surface area contributed by atoms with Crippen LogP contribution in [0.25, 0.3) is 0 Å². The zero-order chi connectivity index (χ0) is 12.8. The van der Waals surface area contributed by atoms with E-state index in [1.165, 1.54) is 0 Å². The van der Waals surface area contributed by atoms with E-state index in [9.17, 15) is 4.79 Å². The lowest BCUT2D eigenvalue weighted by Crippen LogP contribution is -2.42. The molecular weight excluding hydrogens is 220 g/mol. The van der Waals surface area contributed by atoms with Crippen LogP contribution < -0.4 is 11.1 Å². The van der Waals surface area contributed by atoms with Crippen molar-refractivity contribution >= 4 is 5.91 Å². The summed E-state index contributed by atoms with van der Waals surface area (Å²) >= 11 is 0. The van der Waals surface area contributed by atoms with Gasteiger partial charge in [-0.05, 0) is 19.3 Å². The van der Waals surface area contributed by atoms with Crippen LogP contribution in [0.1, 0.15) is 32.0 Å². The molecule has 1 atom stereocenters. The number of nitrogens with one attached hydrogen (secondary N) is 1. The summed E-state index contributed by atoms with van der Waals surface area (Å²) in [6, 6.07) is -0.445. The van der Waals surface area contributed by atoms with Gasteiger partial charge >= 0.3 is 0 Å². The predicted octanol–water partition coefficient (Wildman–Crippen LogP) is 0.410. The van der Waals surface area contributed by atoms with E-state index >= 15 is 0 Å². The smallest absolute Gasteiger partial charge is 0.236 e. The monoisotopic (exact) mass is 240 g/mol. The highest BCUT2D eigenvalue weighted by Gasteiger charge is 2.14. The van der Waals surface area contributed by atoms with Gasteiger partial charge < -0.3 is 15.6 Å². The highest BCUT2D eigenvalue weighted by molar-refractivity contribution is 5.81. The molecule has 0 radical (unpaired) electrons. The topological polar surface area (TPSA) is 94.0 Å². The SMILES string of the molecule is Cc1noc(CCNC(=O)[C@H](N)CC(C)C)n1. The maximum atomic E-state index is 11.6. The van der Waals surface area contributed by atoms with Gasteiger partial charge in [-0.25, -0.2) is 0 Å². The molecule has 0 saturated carbocycles. The van der Waals surface area contributed by atoms with E-state index in [4.69, 9.17) is 10.3 Å².